The van der Waals surface area contributed by atoms with Crippen molar-refractivity contribution in [3.63, 3.8) is 0 Å². The molecule has 8 heteroatoms. The van der Waals surface area contributed by atoms with Gasteiger partial charge in [0.05, 0.1) is 17.6 Å². The first kappa shape index (κ1) is 16.5. The number of aromatic nitrogens is 2. The zero-order chi connectivity index (χ0) is 17.1. The largest absolute Gasteiger partial charge is 0.393 e. The summed E-state index contributed by atoms with van der Waals surface area (Å²) in [5, 5.41) is 24.4. The van der Waals surface area contributed by atoms with Crippen molar-refractivity contribution in [2.45, 2.75) is 32.4 Å². The summed E-state index contributed by atoms with van der Waals surface area (Å²) < 4.78 is 5.27. The van der Waals surface area contributed by atoms with E-state index in [4.69, 9.17) is 4.52 Å². The summed E-state index contributed by atoms with van der Waals surface area (Å²) >= 11 is 0. The highest BCUT2D eigenvalue weighted by Crippen LogP contribution is 2.24. The van der Waals surface area contributed by atoms with Gasteiger partial charge in [0.15, 0.2) is 0 Å². The third-order valence-electron chi connectivity index (χ3n) is 4.46. The van der Waals surface area contributed by atoms with Gasteiger partial charge >= 0.3 is 0 Å². The van der Waals surface area contributed by atoms with Gasteiger partial charge in [0, 0.05) is 17.7 Å². The Labute approximate surface area is 139 Å². The first-order valence-electron chi connectivity index (χ1n) is 8.01. The molecule has 8 nitrogen and oxygen atoms in total. The van der Waals surface area contributed by atoms with Crippen molar-refractivity contribution in [2.75, 3.05) is 13.1 Å². The van der Waals surface area contributed by atoms with E-state index in [2.05, 4.69) is 15.0 Å². The van der Waals surface area contributed by atoms with E-state index in [0.717, 1.165) is 25.9 Å². The van der Waals surface area contributed by atoms with Crippen molar-refractivity contribution in [1.82, 2.24) is 15.0 Å². The summed E-state index contributed by atoms with van der Waals surface area (Å²) in [7, 11) is 0. The SMILES string of the molecule is CC(O)C1CCN(Cc2nc(-c3cccc([N+](=O)[O-])c3)no2)CC1. The van der Waals surface area contributed by atoms with Crippen LogP contribution in [0.4, 0.5) is 5.69 Å². The smallest absolute Gasteiger partial charge is 0.270 e. The molecule has 1 unspecified atom stereocenters. The van der Waals surface area contributed by atoms with Gasteiger partial charge in [0.25, 0.3) is 5.69 Å². The van der Waals surface area contributed by atoms with Crippen LogP contribution in [0, 0.1) is 16.0 Å². The highest BCUT2D eigenvalue weighted by molar-refractivity contribution is 5.58. The van der Waals surface area contributed by atoms with Crippen molar-refractivity contribution in [2.24, 2.45) is 5.92 Å². The lowest BCUT2D eigenvalue weighted by Crippen LogP contribution is -2.36. The van der Waals surface area contributed by atoms with Crippen molar-refractivity contribution in [1.29, 1.82) is 0 Å². The summed E-state index contributed by atoms with van der Waals surface area (Å²) in [5.74, 6) is 1.20. The second-order valence-corrected chi connectivity index (χ2v) is 6.17. The molecule has 2 aromatic rings. The Morgan fingerprint density at radius 3 is 2.88 bits per heavy atom. The number of non-ortho nitro benzene ring substituents is 1. The molecule has 1 fully saturated rings. The van der Waals surface area contributed by atoms with Crippen LogP contribution in [0.1, 0.15) is 25.7 Å². The minimum absolute atomic E-state index is 0.000884. The Bertz CT molecular complexity index is 708. The Morgan fingerprint density at radius 1 is 1.46 bits per heavy atom. The van der Waals surface area contributed by atoms with E-state index in [1.165, 1.54) is 12.1 Å². The van der Waals surface area contributed by atoms with E-state index in [0.29, 0.717) is 29.7 Å². The summed E-state index contributed by atoms with van der Waals surface area (Å²) in [6.07, 6.45) is 1.63. The fraction of sp³-hybridized carbons (Fsp3) is 0.500. The molecule has 1 N–H and O–H groups in total. The Morgan fingerprint density at radius 2 is 2.21 bits per heavy atom. The van der Waals surface area contributed by atoms with Gasteiger partial charge in [-0.25, -0.2) is 0 Å². The van der Waals surface area contributed by atoms with Gasteiger partial charge in [-0.1, -0.05) is 17.3 Å². The lowest BCUT2D eigenvalue weighted by molar-refractivity contribution is -0.384. The summed E-state index contributed by atoms with van der Waals surface area (Å²) in [6.45, 7) is 4.15. The molecule has 1 aromatic heterocycles. The number of aliphatic hydroxyl groups is 1. The van der Waals surface area contributed by atoms with Gasteiger partial charge < -0.3 is 9.63 Å². The van der Waals surface area contributed by atoms with Crippen LogP contribution in [-0.4, -0.2) is 44.3 Å². The summed E-state index contributed by atoms with van der Waals surface area (Å²) in [6, 6.07) is 6.18. The average molecular weight is 332 g/mol. The number of aliphatic hydroxyl groups excluding tert-OH is 1. The maximum absolute atomic E-state index is 10.8. The fourth-order valence-electron chi connectivity index (χ4n) is 2.98. The van der Waals surface area contributed by atoms with Crippen molar-refractivity contribution < 1.29 is 14.6 Å². The molecule has 0 spiro atoms. The van der Waals surface area contributed by atoms with Gasteiger partial charge in [0.2, 0.25) is 11.7 Å². The highest BCUT2D eigenvalue weighted by atomic mass is 16.6. The molecule has 24 heavy (non-hydrogen) atoms. The zero-order valence-electron chi connectivity index (χ0n) is 13.5. The predicted octanol–water partition coefficient (Wildman–Crippen LogP) is 2.24. The van der Waals surface area contributed by atoms with E-state index >= 15 is 0 Å². The van der Waals surface area contributed by atoms with Crippen LogP contribution < -0.4 is 0 Å². The monoisotopic (exact) mass is 332 g/mol. The summed E-state index contributed by atoms with van der Waals surface area (Å²) in [4.78, 5) is 16.9. The molecule has 2 heterocycles. The number of hydrogen-bond acceptors (Lipinski definition) is 7. The van der Waals surface area contributed by atoms with Gasteiger partial charge in [-0.15, -0.1) is 0 Å². The molecule has 1 aliphatic rings. The van der Waals surface area contributed by atoms with E-state index < -0.39 is 4.92 Å². The van der Waals surface area contributed by atoms with Crippen LogP contribution in [-0.2, 0) is 6.54 Å². The predicted molar refractivity (Wildman–Crippen MR) is 86.1 cm³/mol. The zero-order valence-corrected chi connectivity index (χ0v) is 13.5. The molecule has 1 atom stereocenters. The molecular weight excluding hydrogens is 312 g/mol. The van der Waals surface area contributed by atoms with E-state index in [1.54, 1.807) is 12.1 Å². The number of nitro benzene ring substituents is 1. The molecule has 128 valence electrons. The second-order valence-electron chi connectivity index (χ2n) is 6.17. The lowest BCUT2D eigenvalue weighted by atomic mass is 9.92. The minimum atomic E-state index is -0.448. The molecule has 0 radical (unpaired) electrons. The highest BCUT2D eigenvalue weighted by Gasteiger charge is 2.24. The number of rotatable bonds is 5. The maximum Gasteiger partial charge on any atom is 0.270 e. The Kier molecular flexibility index (Phi) is 4.86. The molecule has 0 aliphatic carbocycles. The topological polar surface area (TPSA) is 106 Å². The second kappa shape index (κ2) is 7.06. The van der Waals surface area contributed by atoms with Crippen molar-refractivity contribution in [3.05, 3.63) is 40.3 Å². The minimum Gasteiger partial charge on any atom is -0.393 e. The van der Waals surface area contributed by atoms with Crippen LogP contribution in [0.15, 0.2) is 28.8 Å². The number of likely N-dealkylation sites (tertiary alicyclic amines) is 1. The molecule has 0 bridgehead atoms. The molecule has 1 aliphatic heterocycles. The van der Waals surface area contributed by atoms with E-state index in [-0.39, 0.29) is 11.8 Å². The average Bonchev–Trinajstić information content (AvgIpc) is 3.04. The summed E-state index contributed by atoms with van der Waals surface area (Å²) in [5.41, 5.74) is 0.561. The number of nitro groups is 1. The first-order chi connectivity index (χ1) is 11.5. The number of hydrogen-bond donors (Lipinski definition) is 1. The quantitative estimate of drug-likeness (QED) is 0.661. The molecule has 0 amide bonds. The number of nitrogens with zero attached hydrogens (tertiary/aromatic N) is 4. The molecule has 0 saturated carbocycles. The van der Waals surface area contributed by atoms with E-state index in [1.807, 2.05) is 6.92 Å². The molecular formula is C16H20N4O4. The Hall–Kier alpha value is -2.32. The molecule has 1 aromatic carbocycles. The fourth-order valence-corrected chi connectivity index (χ4v) is 2.98. The van der Waals surface area contributed by atoms with Gasteiger partial charge in [-0.3, -0.25) is 15.0 Å². The molecule has 1 saturated heterocycles. The number of piperidine rings is 1. The standard InChI is InChI=1S/C16H20N4O4/c1-11(21)12-5-7-19(8-6-12)10-15-17-16(18-24-15)13-3-2-4-14(9-13)20(22)23/h2-4,9,11-12,21H,5-8,10H2,1H3. The van der Waals surface area contributed by atoms with Crippen LogP contribution in [0.3, 0.4) is 0 Å². The lowest BCUT2D eigenvalue weighted by Gasteiger charge is -2.32. The third-order valence-corrected chi connectivity index (χ3v) is 4.46. The maximum atomic E-state index is 10.8. The van der Waals surface area contributed by atoms with Crippen LogP contribution in [0.25, 0.3) is 11.4 Å². The van der Waals surface area contributed by atoms with Crippen LogP contribution in [0.2, 0.25) is 0 Å². The third kappa shape index (κ3) is 3.77. The number of benzene rings is 1. The normalized spacial score (nSPS) is 17.8. The first-order valence-corrected chi connectivity index (χ1v) is 8.01. The van der Waals surface area contributed by atoms with Gasteiger partial charge in [-0.2, -0.15) is 4.98 Å². The van der Waals surface area contributed by atoms with Crippen LogP contribution in [0.5, 0.6) is 0 Å². The van der Waals surface area contributed by atoms with Crippen molar-refractivity contribution >= 4 is 5.69 Å². The van der Waals surface area contributed by atoms with Gasteiger partial charge in [-0.05, 0) is 38.8 Å². The van der Waals surface area contributed by atoms with Gasteiger partial charge in [0.1, 0.15) is 0 Å². The van der Waals surface area contributed by atoms with E-state index in [9.17, 15) is 15.2 Å². The van der Waals surface area contributed by atoms with Crippen LogP contribution >= 0.6 is 0 Å². The van der Waals surface area contributed by atoms with Crippen molar-refractivity contribution in [3.8, 4) is 11.4 Å². The Balaban J connectivity index is 1.64. The molecule has 3 rings (SSSR count).